The Labute approximate surface area is 129 Å². The molecule has 2 unspecified atom stereocenters. The van der Waals surface area contributed by atoms with Crippen LogP contribution in [0.5, 0.6) is 0 Å². The number of halogens is 1. The predicted octanol–water partition coefficient (Wildman–Crippen LogP) is 1.32. The van der Waals surface area contributed by atoms with Crippen molar-refractivity contribution in [1.82, 2.24) is 25.5 Å². The zero-order valence-electron chi connectivity index (χ0n) is 11.8. The fourth-order valence-corrected chi connectivity index (χ4v) is 3.37. The van der Waals surface area contributed by atoms with Crippen LogP contribution in [0.1, 0.15) is 39.8 Å². The maximum absolute atomic E-state index is 13.7. The van der Waals surface area contributed by atoms with Crippen LogP contribution in [-0.2, 0) is 11.2 Å². The van der Waals surface area contributed by atoms with Gasteiger partial charge in [-0.25, -0.2) is 4.39 Å². The van der Waals surface area contributed by atoms with Gasteiger partial charge in [0.15, 0.2) is 5.82 Å². The average Bonchev–Trinajstić information content (AvgIpc) is 3.24. The molecule has 1 fully saturated rings. The maximum atomic E-state index is 13.7. The van der Waals surface area contributed by atoms with Crippen LogP contribution in [0.4, 0.5) is 4.39 Å². The summed E-state index contributed by atoms with van der Waals surface area (Å²) in [5.41, 5.74) is 0. The molecule has 7 nitrogen and oxygen atoms in total. The fraction of sp³-hybridized carbons (Fsp3) is 0.462. The predicted molar refractivity (Wildman–Crippen MR) is 76.2 cm³/mol. The molecular formula is C13H14FN5O2S. The monoisotopic (exact) mass is 323 g/mol. The van der Waals surface area contributed by atoms with Gasteiger partial charge in [-0.15, -0.1) is 21.5 Å². The fourth-order valence-electron chi connectivity index (χ4n) is 2.49. The normalized spacial score (nSPS) is 21.3. The zero-order valence-corrected chi connectivity index (χ0v) is 12.6. The number of tetrazole rings is 1. The Morgan fingerprint density at radius 1 is 1.50 bits per heavy atom. The summed E-state index contributed by atoms with van der Waals surface area (Å²) >= 11 is 1.29. The molecule has 3 heterocycles. The Morgan fingerprint density at radius 3 is 2.95 bits per heavy atom. The summed E-state index contributed by atoms with van der Waals surface area (Å²) in [4.78, 5) is 27.3. The lowest BCUT2D eigenvalue weighted by Crippen LogP contribution is -2.36. The number of aryl methyl sites for hydroxylation is 1. The molecule has 0 spiro atoms. The number of nitrogens with zero attached hydrogens (tertiary/aromatic N) is 4. The van der Waals surface area contributed by atoms with Gasteiger partial charge in [0.05, 0.1) is 17.5 Å². The Bertz CT molecular complexity index is 686. The highest BCUT2D eigenvalue weighted by atomic mass is 32.1. The standard InChI is InChI=1S/C13H14FN5O2S/c1-2-8-3-4-10(22-8)11(20)13(21)19-6-7(14)5-9(19)12-15-17-18-16-12/h3-4,7,9H,2,5-6H2,1H3,(H,15,16,17,18). The number of aromatic nitrogens is 4. The Balaban J connectivity index is 1.82. The molecule has 9 heteroatoms. The second-order valence-electron chi connectivity index (χ2n) is 5.02. The topological polar surface area (TPSA) is 91.8 Å². The molecule has 22 heavy (non-hydrogen) atoms. The smallest absolute Gasteiger partial charge is 0.296 e. The summed E-state index contributed by atoms with van der Waals surface area (Å²) in [7, 11) is 0. The second kappa shape index (κ2) is 5.91. The second-order valence-corrected chi connectivity index (χ2v) is 6.19. The first kappa shape index (κ1) is 14.8. The number of hydrogen-bond acceptors (Lipinski definition) is 6. The number of aromatic amines is 1. The molecule has 0 aliphatic carbocycles. The van der Waals surface area contributed by atoms with Crippen molar-refractivity contribution in [3.63, 3.8) is 0 Å². The van der Waals surface area contributed by atoms with Gasteiger partial charge in [-0.1, -0.05) is 12.1 Å². The van der Waals surface area contributed by atoms with Crippen LogP contribution >= 0.6 is 11.3 Å². The minimum absolute atomic E-state index is 0.0726. The molecule has 1 aliphatic rings. The lowest BCUT2D eigenvalue weighted by atomic mass is 10.2. The number of alkyl halides is 1. The molecule has 2 aromatic rings. The summed E-state index contributed by atoms with van der Waals surface area (Å²) in [5, 5.41) is 13.3. The highest BCUT2D eigenvalue weighted by molar-refractivity contribution is 7.14. The lowest BCUT2D eigenvalue weighted by Gasteiger charge is -2.20. The van der Waals surface area contributed by atoms with Gasteiger partial charge in [0.25, 0.3) is 11.7 Å². The number of hydrogen-bond donors (Lipinski definition) is 1. The van der Waals surface area contributed by atoms with E-state index in [0.717, 1.165) is 11.3 Å². The molecule has 0 bridgehead atoms. The van der Waals surface area contributed by atoms with E-state index in [1.165, 1.54) is 16.2 Å². The molecule has 0 saturated carbocycles. The van der Waals surface area contributed by atoms with E-state index >= 15 is 0 Å². The Hall–Kier alpha value is -2.16. The van der Waals surface area contributed by atoms with Gasteiger partial charge in [0, 0.05) is 11.3 Å². The third-order valence-electron chi connectivity index (χ3n) is 3.60. The van der Waals surface area contributed by atoms with Crippen molar-refractivity contribution < 1.29 is 14.0 Å². The van der Waals surface area contributed by atoms with Gasteiger partial charge in [-0.2, -0.15) is 5.21 Å². The van der Waals surface area contributed by atoms with Crippen LogP contribution in [-0.4, -0.2) is 49.9 Å². The third-order valence-corrected chi connectivity index (χ3v) is 4.83. The van der Waals surface area contributed by atoms with Crippen LogP contribution in [0.25, 0.3) is 0 Å². The van der Waals surface area contributed by atoms with E-state index in [0.29, 0.717) is 4.88 Å². The SMILES string of the molecule is CCc1ccc(C(=O)C(=O)N2CC(F)CC2c2nn[nH]n2)s1. The largest absolute Gasteiger partial charge is 0.322 e. The number of likely N-dealkylation sites (tertiary alicyclic amines) is 1. The summed E-state index contributed by atoms with van der Waals surface area (Å²) < 4.78 is 13.7. The number of amides is 1. The van der Waals surface area contributed by atoms with Crippen molar-refractivity contribution in [3.05, 3.63) is 27.7 Å². The first-order valence-corrected chi connectivity index (χ1v) is 7.73. The highest BCUT2D eigenvalue weighted by Gasteiger charge is 2.41. The van der Waals surface area contributed by atoms with Gasteiger partial charge in [0.2, 0.25) is 0 Å². The summed E-state index contributed by atoms with van der Waals surface area (Å²) in [5.74, 6) is -1.12. The minimum Gasteiger partial charge on any atom is -0.322 e. The first-order chi connectivity index (χ1) is 10.6. The average molecular weight is 323 g/mol. The van der Waals surface area contributed by atoms with E-state index < -0.39 is 23.9 Å². The first-order valence-electron chi connectivity index (χ1n) is 6.91. The number of H-pyrrole nitrogens is 1. The van der Waals surface area contributed by atoms with Gasteiger partial charge < -0.3 is 4.90 Å². The van der Waals surface area contributed by atoms with Crippen LogP contribution in [0.15, 0.2) is 12.1 Å². The molecule has 2 aromatic heterocycles. The number of rotatable bonds is 4. The third kappa shape index (κ3) is 2.63. The van der Waals surface area contributed by atoms with E-state index in [4.69, 9.17) is 0 Å². The number of carbonyl (C=O) groups is 2. The number of Topliss-reactive ketones (excluding diaryl/α,β-unsaturated/α-hetero) is 1. The highest BCUT2D eigenvalue weighted by Crippen LogP contribution is 2.32. The van der Waals surface area contributed by atoms with E-state index in [9.17, 15) is 14.0 Å². The van der Waals surface area contributed by atoms with Crippen LogP contribution in [0.2, 0.25) is 0 Å². The quantitative estimate of drug-likeness (QED) is 0.677. The Kier molecular flexibility index (Phi) is 3.97. The van der Waals surface area contributed by atoms with Crippen molar-refractivity contribution in [1.29, 1.82) is 0 Å². The molecule has 1 aliphatic heterocycles. The molecule has 1 N–H and O–H groups in total. The van der Waals surface area contributed by atoms with Crippen molar-refractivity contribution in [2.75, 3.05) is 6.54 Å². The summed E-state index contributed by atoms with van der Waals surface area (Å²) in [6, 6.07) is 2.80. The van der Waals surface area contributed by atoms with Gasteiger partial charge in [0.1, 0.15) is 6.17 Å². The minimum atomic E-state index is -1.20. The summed E-state index contributed by atoms with van der Waals surface area (Å²) in [6.07, 6.45) is -0.327. The van der Waals surface area contributed by atoms with Crippen LogP contribution in [0.3, 0.4) is 0 Å². The number of thiophene rings is 1. The van der Waals surface area contributed by atoms with E-state index in [2.05, 4.69) is 20.6 Å². The van der Waals surface area contributed by atoms with E-state index in [-0.39, 0.29) is 18.8 Å². The molecule has 3 rings (SSSR count). The lowest BCUT2D eigenvalue weighted by molar-refractivity contribution is -0.127. The van der Waals surface area contributed by atoms with E-state index in [1.807, 2.05) is 13.0 Å². The van der Waals surface area contributed by atoms with Gasteiger partial charge >= 0.3 is 0 Å². The molecule has 1 saturated heterocycles. The molecule has 2 atom stereocenters. The molecule has 116 valence electrons. The van der Waals surface area contributed by atoms with Crippen molar-refractivity contribution in [2.24, 2.45) is 0 Å². The molecule has 0 radical (unpaired) electrons. The van der Waals surface area contributed by atoms with Gasteiger partial charge in [-0.05, 0) is 18.6 Å². The number of nitrogens with one attached hydrogen (secondary N) is 1. The van der Waals surface area contributed by atoms with Crippen molar-refractivity contribution >= 4 is 23.0 Å². The van der Waals surface area contributed by atoms with Crippen LogP contribution < -0.4 is 0 Å². The van der Waals surface area contributed by atoms with E-state index in [1.54, 1.807) is 6.07 Å². The number of carbonyl (C=O) groups excluding carboxylic acids is 2. The zero-order chi connectivity index (χ0) is 15.7. The molecular weight excluding hydrogens is 309 g/mol. The van der Waals surface area contributed by atoms with Crippen molar-refractivity contribution in [2.45, 2.75) is 32.0 Å². The number of ketones is 1. The van der Waals surface area contributed by atoms with Crippen LogP contribution in [0, 0.1) is 0 Å². The van der Waals surface area contributed by atoms with Gasteiger partial charge in [-0.3, -0.25) is 9.59 Å². The summed E-state index contributed by atoms with van der Waals surface area (Å²) in [6.45, 7) is 1.85. The molecule has 0 aromatic carbocycles. The molecule has 1 amide bonds. The Morgan fingerprint density at radius 2 is 2.32 bits per heavy atom. The maximum Gasteiger partial charge on any atom is 0.296 e. The van der Waals surface area contributed by atoms with Crippen molar-refractivity contribution in [3.8, 4) is 0 Å².